The SMILES string of the molecule is C=C1C(=O)[C@]23CC1CC(O)[C@H]2[C@@]12COC(O)[C@H]1[C@](C)(COC(C)=O)CCC2OC3=O. The van der Waals surface area contributed by atoms with Gasteiger partial charge in [0, 0.05) is 29.6 Å². The zero-order chi connectivity index (χ0) is 21.6. The Morgan fingerprint density at radius 1 is 1.30 bits per heavy atom. The Bertz CT molecular complexity index is 852. The maximum Gasteiger partial charge on any atom is 0.320 e. The summed E-state index contributed by atoms with van der Waals surface area (Å²) in [4.78, 5) is 38.1. The molecule has 0 radical (unpaired) electrons. The van der Waals surface area contributed by atoms with Crippen molar-refractivity contribution in [1.29, 1.82) is 0 Å². The van der Waals surface area contributed by atoms with Crippen LogP contribution in [0.3, 0.4) is 0 Å². The molecule has 2 aliphatic heterocycles. The number of esters is 2. The third kappa shape index (κ3) is 2.19. The van der Waals surface area contributed by atoms with E-state index in [1.807, 2.05) is 6.92 Å². The number of carbonyl (C=O) groups excluding carboxylic acids is 3. The molecule has 0 aromatic carbocycles. The van der Waals surface area contributed by atoms with Crippen molar-refractivity contribution in [2.45, 2.75) is 58.0 Å². The lowest BCUT2D eigenvalue weighted by molar-refractivity contribution is -0.256. The highest BCUT2D eigenvalue weighted by Crippen LogP contribution is 2.71. The van der Waals surface area contributed by atoms with E-state index >= 15 is 0 Å². The molecule has 2 spiro atoms. The number of aliphatic hydroxyl groups excluding tert-OH is 2. The summed E-state index contributed by atoms with van der Waals surface area (Å²) in [5, 5.41) is 22.2. The van der Waals surface area contributed by atoms with Crippen molar-refractivity contribution in [2.24, 2.45) is 34.0 Å². The monoisotopic (exact) mass is 420 g/mol. The zero-order valence-electron chi connectivity index (χ0n) is 17.3. The quantitative estimate of drug-likeness (QED) is 0.381. The Hall–Kier alpha value is -1.77. The molecule has 30 heavy (non-hydrogen) atoms. The van der Waals surface area contributed by atoms with Crippen LogP contribution < -0.4 is 0 Å². The molecule has 9 atom stereocenters. The summed E-state index contributed by atoms with van der Waals surface area (Å²) in [6.07, 6.45) is -1.02. The fraction of sp³-hybridized carbons (Fsp3) is 0.773. The fourth-order valence-corrected chi connectivity index (χ4v) is 7.61. The third-order valence-electron chi connectivity index (χ3n) is 8.69. The Morgan fingerprint density at radius 3 is 2.73 bits per heavy atom. The molecule has 2 saturated heterocycles. The van der Waals surface area contributed by atoms with Crippen molar-refractivity contribution < 1.29 is 38.8 Å². The molecule has 8 heteroatoms. The number of aliphatic hydroxyl groups is 2. The number of carbonyl (C=O) groups is 3. The highest BCUT2D eigenvalue weighted by atomic mass is 16.6. The molecule has 2 heterocycles. The number of hydrogen-bond donors (Lipinski definition) is 2. The maximum atomic E-state index is 13.3. The van der Waals surface area contributed by atoms with Gasteiger partial charge in [-0.3, -0.25) is 14.4 Å². The van der Waals surface area contributed by atoms with E-state index in [1.54, 1.807) is 0 Å². The van der Waals surface area contributed by atoms with E-state index in [9.17, 15) is 24.6 Å². The molecular weight excluding hydrogens is 392 g/mol. The van der Waals surface area contributed by atoms with E-state index in [0.717, 1.165) is 0 Å². The molecule has 2 N–H and O–H groups in total. The van der Waals surface area contributed by atoms with E-state index in [0.29, 0.717) is 24.8 Å². The number of ketones is 1. The zero-order valence-corrected chi connectivity index (χ0v) is 17.3. The van der Waals surface area contributed by atoms with Crippen LogP contribution in [-0.4, -0.2) is 59.6 Å². The van der Waals surface area contributed by atoms with Crippen LogP contribution in [0.5, 0.6) is 0 Å². The molecule has 5 aliphatic rings. The van der Waals surface area contributed by atoms with Gasteiger partial charge in [0.1, 0.15) is 11.5 Å². The van der Waals surface area contributed by atoms with Gasteiger partial charge in [-0.1, -0.05) is 13.5 Å². The van der Waals surface area contributed by atoms with Gasteiger partial charge in [0.15, 0.2) is 12.1 Å². The number of hydrogen-bond acceptors (Lipinski definition) is 8. The van der Waals surface area contributed by atoms with Crippen LogP contribution in [0.15, 0.2) is 12.2 Å². The van der Waals surface area contributed by atoms with Gasteiger partial charge in [-0.15, -0.1) is 0 Å². The molecule has 5 rings (SSSR count). The summed E-state index contributed by atoms with van der Waals surface area (Å²) in [5.41, 5.74) is -2.71. The van der Waals surface area contributed by atoms with Gasteiger partial charge in [-0.05, 0) is 37.2 Å². The smallest absolute Gasteiger partial charge is 0.320 e. The van der Waals surface area contributed by atoms with Gasteiger partial charge >= 0.3 is 11.9 Å². The molecule has 164 valence electrons. The average molecular weight is 420 g/mol. The first-order valence-corrected chi connectivity index (χ1v) is 10.6. The first-order chi connectivity index (χ1) is 14.1. The van der Waals surface area contributed by atoms with E-state index in [1.165, 1.54) is 6.92 Å². The Morgan fingerprint density at radius 2 is 2.03 bits per heavy atom. The summed E-state index contributed by atoms with van der Waals surface area (Å²) in [7, 11) is 0. The largest absolute Gasteiger partial charge is 0.465 e. The number of rotatable bonds is 2. The van der Waals surface area contributed by atoms with Crippen LogP contribution in [0.2, 0.25) is 0 Å². The molecule has 4 unspecified atom stereocenters. The highest BCUT2D eigenvalue weighted by molar-refractivity contribution is 6.15. The summed E-state index contributed by atoms with van der Waals surface area (Å²) >= 11 is 0. The van der Waals surface area contributed by atoms with Crippen molar-refractivity contribution in [2.75, 3.05) is 13.2 Å². The van der Waals surface area contributed by atoms with Gasteiger partial charge < -0.3 is 24.4 Å². The second-order valence-corrected chi connectivity index (χ2v) is 10.2. The molecule has 0 amide bonds. The molecule has 0 aromatic rings. The number of fused-ring (bicyclic) bond motifs is 1. The van der Waals surface area contributed by atoms with Crippen LogP contribution in [0.25, 0.3) is 0 Å². The molecule has 5 fully saturated rings. The highest BCUT2D eigenvalue weighted by Gasteiger charge is 2.79. The van der Waals surface area contributed by atoms with Crippen LogP contribution in [-0.2, 0) is 28.6 Å². The first-order valence-electron chi connectivity index (χ1n) is 10.6. The maximum absolute atomic E-state index is 13.3. The Kier molecular flexibility index (Phi) is 4.13. The van der Waals surface area contributed by atoms with Gasteiger partial charge in [0.2, 0.25) is 0 Å². The first kappa shape index (κ1) is 20.2. The van der Waals surface area contributed by atoms with E-state index in [-0.39, 0.29) is 31.3 Å². The van der Waals surface area contributed by atoms with Crippen molar-refractivity contribution in [3.63, 3.8) is 0 Å². The molecule has 3 saturated carbocycles. The van der Waals surface area contributed by atoms with Crippen molar-refractivity contribution in [3.05, 3.63) is 12.2 Å². The molecular formula is C22H28O8. The summed E-state index contributed by atoms with van der Waals surface area (Å²) in [5.74, 6) is -2.90. The predicted molar refractivity (Wildman–Crippen MR) is 101 cm³/mol. The third-order valence-corrected chi connectivity index (χ3v) is 8.69. The predicted octanol–water partition coefficient (Wildman–Crippen LogP) is 0.739. The van der Waals surface area contributed by atoms with Crippen LogP contribution in [0.4, 0.5) is 0 Å². The van der Waals surface area contributed by atoms with Gasteiger partial charge in [0.25, 0.3) is 0 Å². The summed E-state index contributed by atoms with van der Waals surface area (Å²) in [6.45, 7) is 7.31. The average Bonchev–Trinajstić information content (AvgIpc) is 3.13. The Labute approximate surface area is 174 Å². The lowest BCUT2D eigenvalue weighted by Crippen LogP contribution is -2.71. The minimum Gasteiger partial charge on any atom is -0.465 e. The molecule has 8 nitrogen and oxygen atoms in total. The lowest BCUT2D eigenvalue weighted by atomic mass is 9.43. The normalized spacial score (nSPS) is 51.7. The number of Topliss-reactive ketones (excluding diaryl/α,β-unsaturated/α-hetero) is 1. The second kappa shape index (κ2) is 6.14. The van der Waals surface area contributed by atoms with Crippen LogP contribution in [0, 0.1) is 34.0 Å². The number of ether oxygens (including phenoxy) is 3. The lowest BCUT2D eigenvalue weighted by Gasteiger charge is -2.62. The molecule has 0 aromatic heterocycles. The van der Waals surface area contributed by atoms with Crippen LogP contribution >= 0.6 is 0 Å². The van der Waals surface area contributed by atoms with Crippen LogP contribution in [0.1, 0.15) is 39.5 Å². The Balaban J connectivity index is 1.66. The second-order valence-electron chi connectivity index (χ2n) is 10.2. The molecule has 3 aliphatic carbocycles. The van der Waals surface area contributed by atoms with Gasteiger partial charge in [-0.25, -0.2) is 0 Å². The topological polar surface area (TPSA) is 119 Å². The standard InChI is InChI=1S/C22H28O8/c1-10-12-6-13(24)15-21(7-12,17(10)25)19(27)30-14-4-5-20(3,8-28-11(2)23)16-18(26)29-9-22(14,15)16/h12-16,18,24,26H,1,4-9H2,2-3H3/t12?,13?,14?,15-,16+,18?,20+,21+,22+/m1/s1. The van der Waals surface area contributed by atoms with Gasteiger partial charge in [-0.2, -0.15) is 0 Å². The van der Waals surface area contributed by atoms with Gasteiger partial charge in [0.05, 0.1) is 19.3 Å². The van der Waals surface area contributed by atoms with Crippen molar-refractivity contribution >= 4 is 17.7 Å². The number of allylic oxidation sites excluding steroid dienone is 1. The summed E-state index contributed by atoms with van der Waals surface area (Å²) in [6, 6.07) is 0. The fourth-order valence-electron chi connectivity index (χ4n) is 7.61. The van der Waals surface area contributed by atoms with E-state index in [4.69, 9.17) is 14.2 Å². The summed E-state index contributed by atoms with van der Waals surface area (Å²) < 4.78 is 17.0. The van der Waals surface area contributed by atoms with E-state index < -0.39 is 58.5 Å². The van der Waals surface area contributed by atoms with Crippen molar-refractivity contribution in [1.82, 2.24) is 0 Å². The van der Waals surface area contributed by atoms with E-state index in [2.05, 4.69) is 6.58 Å². The van der Waals surface area contributed by atoms with Crippen molar-refractivity contribution in [3.8, 4) is 0 Å². The minimum atomic E-state index is -1.48. The molecule has 2 bridgehead atoms. The minimum absolute atomic E-state index is 0.0698.